The Balaban J connectivity index is 1.49. The van der Waals surface area contributed by atoms with Crippen LogP contribution in [0.1, 0.15) is 15.9 Å². The summed E-state index contributed by atoms with van der Waals surface area (Å²) in [5.74, 6) is -1.68. The highest BCUT2D eigenvalue weighted by Gasteiger charge is 2.26. The second-order valence-electron chi connectivity index (χ2n) is 6.58. The van der Waals surface area contributed by atoms with E-state index in [1.165, 1.54) is 24.8 Å². The fourth-order valence-electron chi connectivity index (χ4n) is 3.09. The molecule has 0 bridgehead atoms. The average Bonchev–Trinajstić information content (AvgIpc) is 2.74. The first-order valence-corrected chi connectivity index (χ1v) is 9.12. The number of piperazine rings is 1. The van der Waals surface area contributed by atoms with Gasteiger partial charge in [0.25, 0.3) is 0 Å². The van der Waals surface area contributed by atoms with Crippen molar-refractivity contribution in [1.82, 2.24) is 9.80 Å². The second kappa shape index (κ2) is 9.14. The van der Waals surface area contributed by atoms with Crippen molar-refractivity contribution in [2.75, 3.05) is 38.6 Å². The molecular weight excluding hydrogens is 358 g/mol. The number of carbonyl (C=O) groups is 3. The van der Waals surface area contributed by atoms with Gasteiger partial charge in [-0.2, -0.15) is 0 Å². The number of methoxy groups -OCH3 is 1. The monoisotopic (exact) mass is 381 g/mol. The highest BCUT2D eigenvalue weighted by atomic mass is 16.5. The molecule has 1 aliphatic rings. The van der Waals surface area contributed by atoms with Crippen molar-refractivity contribution in [2.45, 2.75) is 6.54 Å². The van der Waals surface area contributed by atoms with Crippen molar-refractivity contribution in [2.24, 2.45) is 0 Å². The molecular formula is C21H23N3O4. The molecule has 7 heteroatoms. The first-order chi connectivity index (χ1) is 13.6. The standard InChI is InChI=1S/C21H23N3O4/c1-28-21(27)17-7-9-18(10-8-17)22-19(25)20(26)24-13-11-23(12-14-24)15-16-5-3-2-4-6-16/h2-10H,11-15H2,1H3,(H,22,25). The summed E-state index contributed by atoms with van der Waals surface area (Å²) in [6.45, 7) is 3.31. The van der Waals surface area contributed by atoms with Crippen LogP contribution in [-0.4, -0.2) is 60.9 Å². The Kier molecular flexibility index (Phi) is 6.39. The van der Waals surface area contributed by atoms with Crippen LogP contribution < -0.4 is 5.32 Å². The molecule has 0 unspecified atom stereocenters. The molecule has 0 aromatic heterocycles. The number of rotatable bonds is 4. The predicted molar refractivity (Wildman–Crippen MR) is 105 cm³/mol. The van der Waals surface area contributed by atoms with Gasteiger partial charge in [0, 0.05) is 38.4 Å². The van der Waals surface area contributed by atoms with Crippen LogP contribution >= 0.6 is 0 Å². The third-order valence-corrected chi connectivity index (χ3v) is 4.67. The smallest absolute Gasteiger partial charge is 0.337 e. The van der Waals surface area contributed by atoms with E-state index in [2.05, 4.69) is 27.1 Å². The minimum atomic E-state index is -0.678. The van der Waals surface area contributed by atoms with Crippen LogP contribution in [0.5, 0.6) is 0 Å². The lowest BCUT2D eigenvalue weighted by molar-refractivity contribution is -0.144. The zero-order chi connectivity index (χ0) is 19.9. The number of hydrogen-bond donors (Lipinski definition) is 1. The molecule has 3 rings (SSSR count). The number of anilines is 1. The molecule has 0 radical (unpaired) electrons. The lowest BCUT2D eigenvalue weighted by atomic mass is 10.2. The molecule has 1 saturated heterocycles. The normalized spacial score (nSPS) is 14.4. The number of nitrogens with zero attached hydrogens (tertiary/aromatic N) is 2. The maximum Gasteiger partial charge on any atom is 0.337 e. The largest absolute Gasteiger partial charge is 0.465 e. The van der Waals surface area contributed by atoms with Gasteiger partial charge in [0.2, 0.25) is 0 Å². The van der Waals surface area contributed by atoms with E-state index in [9.17, 15) is 14.4 Å². The number of benzene rings is 2. The van der Waals surface area contributed by atoms with Crippen molar-refractivity contribution in [3.8, 4) is 0 Å². The lowest BCUT2D eigenvalue weighted by Crippen LogP contribution is -2.51. The maximum absolute atomic E-state index is 12.4. The zero-order valence-electron chi connectivity index (χ0n) is 15.8. The summed E-state index contributed by atoms with van der Waals surface area (Å²) in [5, 5.41) is 2.58. The first kappa shape index (κ1) is 19.6. The summed E-state index contributed by atoms with van der Waals surface area (Å²) >= 11 is 0. The van der Waals surface area contributed by atoms with Crippen molar-refractivity contribution in [3.05, 3.63) is 65.7 Å². The number of hydrogen-bond acceptors (Lipinski definition) is 5. The van der Waals surface area contributed by atoms with Crippen LogP contribution in [0.15, 0.2) is 54.6 Å². The van der Waals surface area contributed by atoms with E-state index in [1.807, 2.05) is 18.2 Å². The van der Waals surface area contributed by atoms with E-state index < -0.39 is 17.8 Å². The van der Waals surface area contributed by atoms with Crippen LogP contribution in [0.25, 0.3) is 0 Å². The molecule has 1 N–H and O–H groups in total. The highest BCUT2D eigenvalue weighted by molar-refractivity contribution is 6.39. The van der Waals surface area contributed by atoms with E-state index in [1.54, 1.807) is 17.0 Å². The third kappa shape index (κ3) is 4.95. The molecule has 0 saturated carbocycles. The van der Waals surface area contributed by atoms with Crippen molar-refractivity contribution in [1.29, 1.82) is 0 Å². The SMILES string of the molecule is COC(=O)c1ccc(NC(=O)C(=O)N2CCN(Cc3ccccc3)CC2)cc1. The van der Waals surface area contributed by atoms with Gasteiger partial charge < -0.3 is 15.0 Å². The average molecular weight is 381 g/mol. The molecule has 28 heavy (non-hydrogen) atoms. The molecule has 1 fully saturated rings. The Labute approximate surface area is 163 Å². The minimum absolute atomic E-state index is 0.376. The summed E-state index contributed by atoms with van der Waals surface area (Å²) in [5.41, 5.74) is 2.06. The van der Waals surface area contributed by atoms with Gasteiger partial charge in [-0.15, -0.1) is 0 Å². The van der Waals surface area contributed by atoms with E-state index in [0.717, 1.165) is 19.6 Å². The van der Waals surface area contributed by atoms with Gasteiger partial charge in [0.15, 0.2) is 0 Å². The lowest BCUT2D eigenvalue weighted by Gasteiger charge is -2.34. The Morgan fingerprint density at radius 3 is 2.18 bits per heavy atom. The summed E-state index contributed by atoms with van der Waals surface area (Å²) in [7, 11) is 1.30. The van der Waals surface area contributed by atoms with Gasteiger partial charge >= 0.3 is 17.8 Å². The number of ether oxygens (including phenoxy) is 1. The Morgan fingerprint density at radius 1 is 0.929 bits per heavy atom. The molecule has 146 valence electrons. The Morgan fingerprint density at radius 2 is 1.57 bits per heavy atom. The number of amides is 2. The van der Waals surface area contributed by atoms with E-state index in [0.29, 0.717) is 24.3 Å². The summed E-state index contributed by atoms with van der Waals surface area (Å²) < 4.78 is 4.63. The summed E-state index contributed by atoms with van der Waals surface area (Å²) in [4.78, 5) is 39.9. The number of carbonyl (C=O) groups excluding carboxylic acids is 3. The van der Waals surface area contributed by atoms with Gasteiger partial charge in [-0.05, 0) is 29.8 Å². The van der Waals surface area contributed by atoms with Crippen molar-refractivity contribution >= 4 is 23.5 Å². The van der Waals surface area contributed by atoms with Crippen LogP contribution in [0.2, 0.25) is 0 Å². The molecule has 0 atom stereocenters. The molecule has 1 aliphatic heterocycles. The van der Waals surface area contributed by atoms with Crippen molar-refractivity contribution < 1.29 is 19.1 Å². The quantitative estimate of drug-likeness (QED) is 0.645. The van der Waals surface area contributed by atoms with E-state index in [-0.39, 0.29) is 0 Å². The highest BCUT2D eigenvalue weighted by Crippen LogP contribution is 2.12. The summed E-state index contributed by atoms with van der Waals surface area (Å²) in [6, 6.07) is 16.4. The fourth-order valence-corrected chi connectivity index (χ4v) is 3.09. The van der Waals surface area contributed by atoms with Gasteiger partial charge in [0.1, 0.15) is 0 Å². The minimum Gasteiger partial charge on any atom is -0.465 e. The van der Waals surface area contributed by atoms with Gasteiger partial charge in [-0.25, -0.2) is 4.79 Å². The van der Waals surface area contributed by atoms with Crippen LogP contribution in [0, 0.1) is 0 Å². The van der Waals surface area contributed by atoms with E-state index in [4.69, 9.17) is 0 Å². The third-order valence-electron chi connectivity index (χ3n) is 4.67. The molecule has 2 aromatic rings. The number of nitrogens with one attached hydrogen (secondary N) is 1. The van der Waals surface area contributed by atoms with Crippen LogP contribution in [-0.2, 0) is 20.9 Å². The van der Waals surface area contributed by atoms with Gasteiger partial charge in [-0.3, -0.25) is 14.5 Å². The molecule has 1 heterocycles. The van der Waals surface area contributed by atoms with Crippen molar-refractivity contribution in [3.63, 3.8) is 0 Å². The predicted octanol–water partition coefficient (Wildman–Crippen LogP) is 1.76. The first-order valence-electron chi connectivity index (χ1n) is 9.12. The van der Waals surface area contributed by atoms with Gasteiger partial charge in [0.05, 0.1) is 12.7 Å². The maximum atomic E-state index is 12.4. The van der Waals surface area contributed by atoms with Crippen LogP contribution in [0.3, 0.4) is 0 Å². The summed E-state index contributed by atoms with van der Waals surface area (Å²) in [6.07, 6.45) is 0. The molecule has 7 nitrogen and oxygen atoms in total. The fraction of sp³-hybridized carbons (Fsp3) is 0.286. The Hall–Kier alpha value is -3.19. The topological polar surface area (TPSA) is 78.9 Å². The molecule has 2 amide bonds. The zero-order valence-corrected chi connectivity index (χ0v) is 15.8. The Bertz CT molecular complexity index is 828. The van der Waals surface area contributed by atoms with E-state index >= 15 is 0 Å². The van der Waals surface area contributed by atoms with Crippen LogP contribution in [0.4, 0.5) is 5.69 Å². The van der Waals surface area contributed by atoms with Gasteiger partial charge in [-0.1, -0.05) is 30.3 Å². The molecule has 2 aromatic carbocycles. The second-order valence-corrected chi connectivity index (χ2v) is 6.58. The number of esters is 1. The molecule has 0 spiro atoms. The molecule has 0 aliphatic carbocycles.